The van der Waals surface area contributed by atoms with Crippen LogP contribution in [0.15, 0.2) is 24.3 Å². The van der Waals surface area contributed by atoms with Crippen molar-refractivity contribution >= 4 is 17.6 Å². The van der Waals surface area contributed by atoms with Gasteiger partial charge < -0.3 is 5.11 Å². The van der Waals surface area contributed by atoms with Crippen LogP contribution in [0.4, 0.5) is 0 Å². The standard InChI is InChI=1S/C14H17ClO2/c1-14(13(16)17)8-2-3-11(9-14)10-4-6-12(15)7-5-10/h4-7,11H,2-3,8-9H2,1H3,(H,16,17)/t11-,14-/m0/s1. The number of carboxylic acid groups (broad SMARTS) is 1. The van der Waals surface area contributed by atoms with Crippen LogP contribution in [0, 0.1) is 5.41 Å². The van der Waals surface area contributed by atoms with Gasteiger partial charge in [-0.25, -0.2) is 0 Å². The van der Waals surface area contributed by atoms with E-state index in [0.29, 0.717) is 5.92 Å². The molecule has 1 aromatic carbocycles. The molecule has 17 heavy (non-hydrogen) atoms. The van der Waals surface area contributed by atoms with Crippen LogP contribution >= 0.6 is 11.6 Å². The number of hydrogen-bond acceptors (Lipinski definition) is 1. The van der Waals surface area contributed by atoms with Gasteiger partial charge in [0.25, 0.3) is 0 Å². The second-order valence-corrected chi connectivity index (χ2v) is 5.65. The first-order chi connectivity index (χ1) is 8.01. The number of rotatable bonds is 2. The number of aliphatic carboxylic acids is 1. The first-order valence-electron chi connectivity index (χ1n) is 6.00. The largest absolute Gasteiger partial charge is 0.481 e. The first-order valence-corrected chi connectivity index (χ1v) is 6.38. The molecule has 0 radical (unpaired) electrons. The zero-order chi connectivity index (χ0) is 12.5. The van der Waals surface area contributed by atoms with Gasteiger partial charge in [0, 0.05) is 5.02 Å². The predicted molar refractivity (Wildman–Crippen MR) is 68.4 cm³/mol. The Morgan fingerprint density at radius 1 is 1.41 bits per heavy atom. The molecule has 0 saturated heterocycles. The van der Waals surface area contributed by atoms with E-state index in [9.17, 15) is 9.90 Å². The third-order valence-electron chi connectivity index (χ3n) is 3.84. The lowest BCUT2D eigenvalue weighted by Crippen LogP contribution is -2.32. The molecule has 92 valence electrons. The molecule has 0 unspecified atom stereocenters. The van der Waals surface area contributed by atoms with E-state index in [0.717, 1.165) is 30.7 Å². The Labute approximate surface area is 107 Å². The van der Waals surface area contributed by atoms with Gasteiger partial charge >= 0.3 is 5.97 Å². The average molecular weight is 253 g/mol. The number of carboxylic acids is 1. The Hall–Kier alpha value is -1.02. The number of benzene rings is 1. The Morgan fingerprint density at radius 2 is 2.06 bits per heavy atom. The third-order valence-corrected chi connectivity index (χ3v) is 4.09. The van der Waals surface area contributed by atoms with Gasteiger partial charge in [0.2, 0.25) is 0 Å². The van der Waals surface area contributed by atoms with Gasteiger partial charge in [-0.1, -0.05) is 30.2 Å². The van der Waals surface area contributed by atoms with Crippen LogP contribution in [0.25, 0.3) is 0 Å². The van der Waals surface area contributed by atoms with Gasteiger partial charge in [0.1, 0.15) is 0 Å². The molecule has 2 nitrogen and oxygen atoms in total. The topological polar surface area (TPSA) is 37.3 Å². The van der Waals surface area contributed by atoms with E-state index in [-0.39, 0.29) is 0 Å². The zero-order valence-electron chi connectivity index (χ0n) is 9.95. The summed E-state index contributed by atoms with van der Waals surface area (Å²) >= 11 is 5.86. The maximum Gasteiger partial charge on any atom is 0.309 e. The Balaban J connectivity index is 2.17. The summed E-state index contributed by atoms with van der Waals surface area (Å²) in [5, 5.41) is 10.0. The van der Waals surface area contributed by atoms with E-state index in [1.165, 1.54) is 5.56 Å². The van der Waals surface area contributed by atoms with Crippen molar-refractivity contribution in [2.45, 2.75) is 38.5 Å². The smallest absolute Gasteiger partial charge is 0.309 e. The maximum absolute atomic E-state index is 11.3. The first kappa shape index (κ1) is 12.4. The highest BCUT2D eigenvalue weighted by Gasteiger charge is 2.38. The molecule has 1 aliphatic carbocycles. The van der Waals surface area contributed by atoms with Gasteiger partial charge in [-0.2, -0.15) is 0 Å². The number of halogens is 1. The van der Waals surface area contributed by atoms with Gasteiger partial charge in [-0.15, -0.1) is 0 Å². The van der Waals surface area contributed by atoms with Crippen molar-refractivity contribution in [2.24, 2.45) is 5.41 Å². The Bertz CT molecular complexity index is 413. The normalized spacial score (nSPS) is 28.9. The van der Waals surface area contributed by atoms with Gasteiger partial charge in [-0.3, -0.25) is 4.79 Å². The summed E-state index contributed by atoms with van der Waals surface area (Å²) in [6, 6.07) is 7.79. The minimum atomic E-state index is -0.670. The molecule has 0 aromatic heterocycles. The van der Waals surface area contributed by atoms with E-state index in [4.69, 9.17) is 11.6 Å². The minimum Gasteiger partial charge on any atom is -0.481 e. The van der Waals surface area contributed by atoms with Crippen molar-refractivity contribution in [3.63, 3.8) is 0 Å². The highest BCUT2D eigenvalue weighted by atomic mass is 35.5. The number of hydrogen-bond donors (Lipinski definition) is 1. The van der Waals surface area contributed by atoms with Crippen molar-refractivity contribution in [2.75, 3.05) is 0 Å². The number of carbonyl (C=O) groups is 1. The summed E-state index contributed by atoms with van der Waals surface area (Å²) < 4.78 is 0. The highest BCUT2D eigenvalue weighted by molar-refractivity contribution is 6.30. The van der Waals surface area contributed by atoms with Crippen LogP contribution < -0.4 is 0 Å². The SMILES string of the molecule is C[C@]1(C(=O)O)CCC[C@H](c2ccc(Cl)cc2)C1. The summed E-state index contributed by atoms with van der Waals surface area (Å²) in [7, 11) is 0. The van der Waals surface area contributed by atoms with Crippen molar-refractivity contribution in [1.82, 2.24) is 0 Å². The quantitative estimate of drug-likeness (QED) is 0.861. The van der Waals surface area contributed by atoms with Crippen molar-refractivity contribution in [1.29, 1.82) is 0 Å². The maximum atomic E-state index is 11.3. The van der Waals surface area contributed by atoms with E-state index >= 15 is 0 Å². The van der Waals surface area contributed by atoms with Crippen molar-refractivity contribution in [3.8, 4) is 0 Å². The molecule has 0 amide bonds. The molecule has 1 saturated carbocycles. The molecule has 3 heteroatoms. The lowest BCUT2D eigenvalue weighted by molar-refractivity contribution is -0.150. The summed E-state index contributed by atoms with van der Waals surface area (Å²) in [6.07, 6.45) is 3.57. The summed E-state index contributed by atoms with van der Waals surface area (Å²) in [5.41, 5.74) is 0.643. The molecule has 0 heterocycles. The molecule has 1 aromatic rings. The second kappa shape index (κ2) is 4.69. The third kappa shape index (κ3) is 2.63. The summed E-state index contributed by atoms with van der Waals surface area (Å²) in [5.74, 6) is -0.321. The fourth-order valence-electron chi connectivity index (χ4n) is 2.70. The van der Waals surface area contributed by atoms with Crippen LogP contribution in [0.1, 0.15) is 44.1 Å². The highest BCUT2D eigenvalue weighted by Crippen LogP contribution is 2.43. The van der Waals surface area contributed by atoms with Crippen molar-refractivity contribution in [3.05, 3.63) is 34.9 Å². The van der Waals surface area contributed by atoms with Crippen LogP contribution in [0.3, 0.4) is 0 Å². The predicted octanol–water partition coefficient (Wildman–Crippen LogP) is 4.09. The molecule has 1 aliphatic rings. The van der Waals surface area contributed by atoms with E-state index in [2.05, 4.69) is 0 Å². The van der Waals surface area contributed by atoms with Crippen LogP contribution in [-0.2, 0) is 4.79 Å². The summed E-state index contributed by atoms with van der Waals surface area (Å²) in [4.78, 5) is 11.3. The fraction of sp³-hybridized carbons (Fsp3) is 0.500. The second-order valence-electron chi connectivity index (χ2n) is 5.21. The fourth-order valence-corrected chi connectivity index (χ4v) is 2.83. The molecular weight excluding hydrogens is 236 g/mol. The zero-order valence-corrected chi connectivity index (χ0v) is 10.7. The molecule has 0 spiro atoms. The Morgan fingerprint density at radius 3 is 2.65 bits per heavy atom. The molecule has 1 fully saturated rings. The lowest BCUT2D eigenvalue weighted by atomic mass is 9.69. The van der Waals surface area contributed by atoms with Crippen LogP contribution in [0.2, 0.25) is 5.02 Å². The average Bonchev–Trinajstić information content (AvgIpc) is 2.30. The van der Waals surface area contributed by atoms with Gasteiger partial charge in [0.05, 0.1) is 5.41 Å². The minimum absolute atomic E-state index is 0.349. The van der Waals surface area contributed by atoms with Crippen LogP contribution in [0.5, 0.6) is 0 Å². The summed E-state index contributed by atoms with van der Waals surface area (Å²) in [6.45, 7) is 1.86. The van der Waals surface area contributed by atoms with E-state index < -0.39 is 11.4 Å². The lowest BCUT2D eigenvalue weighted by Gasteiger charge is -2.35. The molecule has 0 aliphatic heterocycles. The van der Waals surface area contributed by atoms with E-state index in [1.54, 1.807) is 0 Å². The van der Waals surface area contributed by atoms with Gasteiger partial charge in [-0.05, 0) is 49.8 Å². The van der Waals surface area contributed by atoms with Gasteiger partial charge in [0.15, 0.2) is 0 Å². The molecule has 0 bridgehead atoms. The molecule has 2 rings (SSSR count). The molecule has 1 N–H and O–H groups in total. The Kier molecular flexibility index (Phi) is 3.43. The monoisotopic (exact) mass is 252 g/mol. The van der Waals surface area contributed by atoms with Crippen LogP contribution in [-0.4, -0.2) is 11.1 Å². The molecular formula is C14H17ClO2. The van der Waals surface area contributed by atoms with E-state index in [1.807, 2.05) is 31.2 Å². The van der Waals surface area contributed by atoms with Crippen molar-refractivity contribution < 1.29 is 9.90 Å². The molecule has 2 atom stereocenters.